The maximum Gasteiger partial charge on any atom is 0.253 e. The van der Waals surface area contributed by atoms with Crippen LogP contribution in [0.3, 0.4) is 0 Å². The van der Waals surface area contributed by atoms with Crippen LogP contribution < -0.4 is 10.6 Å². The van der Waals surface area contributed by atoms with Crippen molar-refractivity contribution >= 4 is 35.8 Å². The number of hydrogen-bond acceptors (Lipinski definition) is 2. The van der Waals surface area contributed by atoms with E-state index in [2.05, 4.69) is 22.5 Å². The summed E-state index contributed by atoms with van der Waals surface area (Å²) < 4.78 is 0. The molecular formula is C21H35IN4O. The van der Waals surface area contributed by atoms with Gasteiger partial charge in [-0.05, 0) is 43.4 Å². The van der Waals surface area contributed by atoms with Crippen LogP contribution in [0.2, 0.25) is 0 Å². The van der Waals surface area contributed by atoms with Crippen molar-refractivity contribution in [2.45, 2.75) is 52.0 Å². The summed E-state index contributed by atoms with van der Waals surface area (Å²) in [6.07, 6.45) is 8.20. The van der Waals surface area contributed by atoms with E-state index in [-0.39, 0.29) is 29.9 Å². The number of benzene rings is 1. The van der Waals surface area contributed by atoms with Gasteiger partial charge in [0.25, 0.3) is 5.91 Å². The molecule has 2 N–H and O–H groups in total. The van der Waals surface area contributed by atoms with E-state index in [1.807, 2.05) is 24.3 Å². The zero-order chi connectivity index (χ0) is 18.8. The highest BCUT2D eigenvalue weighted by molar-refractivity contribution is 14.0. The van der Waals surface area contributed by atoms with Crippen molar-refractivity contribution in [3.8, 4) is 0 Å². The normalized spacial score (nSPS) is 14.6. The Kier molecular flexibility index (Phi) is 11.4. The molecule has 0 aromatic heterocycles. The van der Waals surface area contributed by atoms with Crippen LogP contribution in [0.4, 0.5) is 0 Å². The van der Waals surface area contributed by atoms with Gasteiger partial charge in [-0.25, -0.2) is 4.99 Å². The van der Waals surface area contributed by atoms with Gasteiger partial charge in [-0.15, -0.1) is 24.0 Å². The van der Waals surface area contributed by atoms with E-state index in [1.54, 1.807) is 19.0 Å². The first-order chi connectivity index (χ1) is 12.6. The Morgan fingerprint density at radius 1 is 1.15 bits per heavy atom. The Bertz CT molecular complexity index is 580. The highest BCUT2D eigenvalue weighted by Crippen LogP contribution is 2.28. The molecule has 27 heavy (non-hydrogen) atoms. The number of guanidine groups is 1. The highest BCUT2D eigenvalue weighted by atomic mass is 127. The zero-order valence-corrected chi connectivity index (χ0v) is 19.3. The molecule has 0 aliphatic heterocycles. The van der Waals surface area contributed by atoms with Crippen LogP contribution in [0.1, 0.15) is 61.4 Å². The smallest absolute Gasteiger partial charge is 0.253 e. The lowest BCUT2D eigenvalue weighted by atomic mass is 10.0. The lowest BCUT2D eigenvalue weighted by Crippen LogP contribution is -2.37. The molecular weight excluding hydrogens is 451 g/mol. The molecule has 1 aromatic carbocycles. The van der Waals surface area contributed by atoms with Crippen LogP contribution in [0.25, 0.3) is 0 Å². The molecule has 0 heterocycles. The van der Waals surface area contributed by atoms with Gasteiger partial charge in [0, 0.05) is 32.7 Å². The number of nitrogens with one attached hydrogen (secondary N) is 2. The minimum absolute atomic E-state index is 0. The number of halogens is 1. The number of hydrogen-bond donors (Lipinski definition) is 2. The largest absolute Gasteiger partial charge is 0.357 e. The number of carbonyl (C=O) groups excluding carboxylic acids is 1. The lowest BCUT2D eigenvalue weighted by molar-refractivity contribution is 0.0827. The molecule has 1 aliphatic rings. The molecule has 0 atom stereocenters. The van der Waals surface area contributed by atoms with Gasteiger partial charge in [-0.3, -0.25) is 4.79 Å². The monoisotopic (exact) mass is 486 g/mol. The van der Waals surface area contributed by atoms with Gasteiger partial charge in [-0.1, -0.05) is 37.8 Å². The Labute approximate surface area is 181 Å². The van der Waals surface area contributed by atoms with E-state index >= 15 is 0 Å². The van der Waals surface area contributed by atoms with Crippen molar-refractivity contribution in [2.24, 2.45) is 10.9 Å². The van der Waals surface area contributed by atoms with Crippen LogP contribution in [-0.4, -0.2) is 44.0 Å². The van der Waals surface area contributed by atoms with Gasteiger partial charge < -0.3 is 15.5 Å². The number of aliphatic imine (C=N–C) groups is 1. The first-order valence-electron chi connectivity index (χ1n) is 9.93. The average molecular weight is 486 g/mol. The molecule has 0 bridgehead atoms. The van der Waals surface area contributed by atoms with Crippen LogP contribution >= 0.6 is 24.0 Å². The molecule has 0 radical (unpaired) electrons. The van der Waals surface area contributed by atoms with Crippen molar-refractivity contribution in [1.82, 2.24) is 15.5 Å². The Hall–Kier alpha value is -1.31. The van der Waals surface area contributed by atoms with Gasteiger partial charge in [0.15, 0.2) is 5.96 Å². The number of carbonyl (C=O) groups is 1. The first kappa shape index (κ1) is 23.7. The summed E-state index contributed by atoms with van der Waals surface area (Å²) in [7, 11) is 3.53. The van der Waals surface area contributed by atoms with Gasteiger partial charge in [0.2, 0.25) is 0 Å². The van der Waals surface area contributed by atoms with Crippen molar-refractivity contribution in [1.29, 1.82) is 0 Å². The topological polar surface area (TPSA) is 56.7 Å². The quantitative estimate of drug-likeness (QED) is 0.253. The first-order valence-corrected chi connectivity index (χ1v) is 9.93. The molecule has 1 amide bonds. The van der Waals surface area contributed by atoms with Gasteiger partial charge >= 0.3 is 0 Å². The second-order valence-corrected chi connectivity index (χ2v) is 7.31. The highest BCUT2D eigenvalue weighted by Gasteiger charge is 2.14. The maximum atomic E-state index is 11.9. The molecule has 0 unspecified atom stereocenters. The number of amides is 1. The fourth-order valence-corrected chi connectivity index (χ4v) is 3.42. The van der Waals surface area contributed by atoms with Gasteiger partial charge in [0.1, 0.15) is 0 Å². The van der Waals surface area contributed by atoms with Gasteiger partial charge in [0.05, 0.1) is 6.54 Å². The van der Waals surface area contributed by atoms with E-state index in [0.717, 1.165) is 30.5 Å². The minimum Gasteiger partial charge on any atom is -0.357 e. The Balaban J connectivity index is 0.00000364. The van der Waals surface area contributed by atoms with Crippen LogP contribution in [-0.2, 0) is 6.54 Å². The van der Waals surface area contributed by atoms with E-state index < -0.39 is 0 Å². The predicted molar refractivity (Wildman–Crippen MR) is 124 cm³/mol. The fraction of sp³-hybridized carbons (Fsp3) is 0.619. The third-order valence-electron chi connectivity index (χ3n) is 4.93. The van der Waals surface area contributed by atoms with E-state index in [0.29, 0.717) is 12.1 Å². The summed E-state index contributed by atoms with van der Waals surface area (Å²) in [5.74, 6) is 1.84. The van der Waals surface area contributed by atoms with Crippen molar-refractivity contribution in [2.75, 3.05) is 27.2 Å². The average Bonchev–Trinajstić information content (AvgIpc) is 3.16. The predicted octanol–water partition coefficient (Wildman–Crippen LogP) is 4.03. The third kappa shape index (κ3) is 8.49. The van der Waals surface area contributed by atoms with E-state index in [1.165, 1.54) is 38.5 Å². The molecule has 1 saturated carbocycles. The standard InChI is InChI=1S/C21H34N4O.HI/c1-4-22-21(23-15-7-10-17-8-5-6-9-17)24-16-18-11-13-19(14-12-18)20(26)25(2)3;/h11-14,17H,4-10,15-16H2,1-3H3,(H2,22,23,24);1H. The second-order valence-electron chi connectivity index (χ2n) is 7.31. The molecule has 2 rings (SSSR count). The molecule has 152 valence electrons. The summed E-state index contributed by atoms with van der Waals surface area (Å²) in [6, 6.07) is 7.69. The Morgan fingerprint density at radius 3 is 2.41 bits per heavy atom. The number of nitrogens with zero attached hydrogens (tertiary/aromatic N) is 2. The summed E-state index contributed by atoms with van der Waals surface area (Å²) >= 11 is 0. The van der Waals surface area contributed by atoms with Gasteiger partial charge in [-0.2, -0.15) is 0 Å². The molecule has 6 heteroatoms. The fourth-order valence-electron chi connectivity index (χ4n) is 3.42. The van der Waals surface area contributed by atoms with E-state index in [4.69, 9.17) is 0 Å². The lowest BCUT2D eigenvalue weighted by Gasteiger charge is -2.13. The molecule has 1 aliphatic carbocycles. The summed E-state index contributed by atoms with van der Waals surface area (Å²) in [5, 5.41) is 6.74. The van der Waals surface area contributed by atoms with Crippen molar-refractivity contribution < 1.29 is 4.79 Å². The molecule has 1 aromatic rings. The number of rotatable bonds is 8. The molecule has 1 fully saturated rings. The molecule has 0 saturated heterocycles. The maximum absolute atomic E-state index is 11.9. The zero-order valence-electron chi connectivity index (χ0n) is 17.0. The summed E-state index contributed by atoms with van der Waals surface area (Å²) in [6.45, 7) is 4.51. The third-order valence-corrected chi connectivity index (χ3v) is 4.93. The SMILES string of the molecule is CCNC(=NCc1ccc(C(=O)N(C)C)cc1)NCCCC1CCCC1.I. The second kappa shape index (κ2) is 13.0. The summed E-state index contributed by atoms with van der Waals surface area (Å²) in [4.78, 5) is 18.2. The van der Waals surface area contributed by atoms with Crippen molar-refractivity contribution in [3.05, 3.63) is 35.4 Å². The Morgan fingerprint density at radius 2 is 1.81 bits per heavy atom. The molecule has 0 spiro atoms. The van der Waals surface area contributed by atoms with Crippen LogP contribution in [0.5, 0.6) is 0 Å². The minimum atomic E-state index is 0. The van der Waals surface area contributed by atoms with Crippen LogP contribution in [0, 0.1) is 5.92 Å². The van der Waals surface area contributed by atoms with Crippen molar-refractivity contribution in [3.63, 3.8) is 0 Å². The molecule has 5 nitrogen and oxygen atoms in total. The summed E-state index contributed by atoms with van der Waals surface area (Å²) in [5.41, 5.74) is 1.81. The van der Waals surface area contributed by atoms with E-state index in [9.17, 15) is 4.79 Å². The van der Waals surface area contributed by atoms with Crippen LogP contribution in [0.15, 0.2) is 29.3 Å².